The van der Waals surface area contributed by atoms with Crippen LogP contribution in [0, 0.1) is 0 Å². The molecule has 128 valence electrons. The van der Waals surface area contributed by atoms with Crippen molar-refractivity contribution in [1.82, 2.24) is 10.0 Å². The summed E-state index contributed by atoms with van der Waals surface area (Å²) in [5, 5.41) is 32.4. The Morgan fingerprint density at radius 3 is 2.71 bits per heavy atom. The Morgan fingerprint density at radius 2 is 2.08 bits per heavy atom. The fourth-order valence-corrected chi connectivity index (χ4v) is 3.56. The molecule has 1 aromatic carbocycles. The lowest BCUT2D eigenvalue weighted by Gasteiger charge is -2.46. The number of carbonyl (C=O) groups is 2. The van der Waals surface area contributed by atoms with Gasteiger partial charge in [0.05, 0.1) is 17.1 Å². The van der Waals surface area contributed by atoms with Crippen LogP contribution in [0.2, 0.25) is 5.02 Å². The van der Waals surface area contributed by atoms with E-state index in [4.69, 9.17) is 11.6 Å². The number of phenolic OH excluding ortho intramolecular Hbond substituents is 1. The molecule has 24 heavy (non-hydrogen) atoms. The first-order valence-electron chi connectivity index (χ1n) is 7.49. The summed E-state index contributed by atoms with van der Waals surface area (Å²) < 4.78 is 0. The van der Waals surface area contributed by atoms with Gasteiger partial charge in [-0.2, -0.15) is 0 Å². The number of halogens is 1. The van der Waals surface area contributed by atoms with Crippen LogP contribution in [0.1, 0.15) is 25.3 Å². The molecule has 8 heteroatoms. The van der Waals surface area contributed by atoms with Gasteiger partial charge in [0.2, 0.25) is 0 Å². The highest BCUT2D eigenvalue weighted by molar-refractivity contribution is 6.32. The molecule has 7 nitrogen and oxygen atoms in total. The largest absolute Gasteiger partial charge is 0.509 e. The molecule has 0 aromatic heterocycles. The molecular formula is C16H17ClN2O5. The topological polar surface area (TPSA) is 101 Å². The molecule has 0 unspecified atom stereocenters. The molecule has 2 aliphatic rings. The molecule has 1 saturated heterocycles. The highest BCUT2D eigenvalue weighted by Crippen LogP contribution is 2.41. The number of aliphatic hydroxyl groups is 1. The number of aliphatic hydroxyl groups excluding tert-OH is 1. The van der Waals surface area contributed by atoms with Gasteiger partial charge in [-0.3, -0.25) is 9.80 Å². The van der Waals surface area contributed by atoms with Crippen molar-refractivity contribution in [3.8, 4) is 5.75 Å². The maximum Gasteiger partial charge on any atom is 0.344 e. The van der Waals surface area contributed by atoms with Crippen LogP contribution in [0.5, 0.6) is 5.75 Å². The van der Waals surface area contributed by atoms with Crippen LogP contribution in [-0.4, -0.2) is 49.3 Å². The van der Waals surface area contributed by atoms with Gasteiger partial charge in [-0.05, 0) is 37.5 Å². The standard InChI is InChI=1S/C16H17ClN2O5/c1-16-5-2-6-19(16)18(14(22)12(13(16)21)15(23)24)8-9-3-4-11(20)10(17)7-9/h3-4,7,20-21H,2,5-6,8H2,1H3,(H,23,24)/t16-/m1/s1. The summed E-state index contributed by atoms with van der Waals surface area (Å²) in [6.07, 6.45) is 1.28. The van der Waals surface area contributed by atoms with E-state index in [1.165, 1.54) is 17.1 Å². The summed E-state index contributed by atoms with van der Waals surface area (Å²) in [7, 11) is 0. The minimum absolute atomic E-state index is 0.0693. The van der Waals surface area contributed by atoms with Gasteiger partial charge >= 0.3 is 5.97 Å². The van der Waals surface area contributed by atoms with Crippen molar-refractivity contribution in [2.75, 3.05) is 6.54 Å². The van der Waals surface area contributed by atoms with Crippen LogP contribution in [0.15, 0.2) is 29.5 Å². The van der Waals surface area contributed by atoms with E-state index in [0.717, 1.165) is 6.42 Å². The summed E-state index contributed by atoms with van der Waals surface area (Å²) in [6.45, 7) is 2.35. The second-order valence-corrected chi connectivity index (χ2v) is 6.59. The second-order valence-electron chi connectivity index (χ2n) is 6.18. The Labute approximate surface area is 143 Å². The van der Waals surface area contributed by atoms with Gasteiger partial charge < -0.3 is 15.3 Å². The quantitative estimate of drug-likeness (QED) is 0.720. The smallest absolute Gasteiger partial charge is 0.344 e. The van der Waals surface area contributed by atoms with Gasteiger partial charge in [0.25, 0.3) is 5.91 Å². The van der Waals surface area contributed by atoms with Gasteiger partial charge in [0.15, 0.2) is 5.57 Å². The molecule has 0 aliphatic carbocycles. The third-order valence-corrected chi connectivity index (χ3v) is 4.95. The Bertz CT molecular complexity index is 763. The van der Waals surface area contributed by atoms with Crippen molar-refractivity contribution in [2.24, 2.45) is 0 Å². The summed E-state index contributed by atoms with van der Waals surface area (Å²) in [4.78, 5) is 24.1. The fourth-order valence-electron chi connectivity index (χ4n) is 3.36. The number of amides is 1. The Morgan fingerprint density at radius 1 is 1.38 bits per heavy atom. The van der Waals surface area contributed by atoms with Crippen LogP contribution in [0.25, 0.3) is 0 Å². The van der Waals surface area contributed by atoms with Gasteiger partial charge in [-0.15, -0.1) is 0 Å². The predicted octanol–water partition coefficient (Wildman–Crippen LogP) is 2.05. The normalized spacial score (nSPS) is 24.4. The second kappa shape index (κ2) is 5.68. The number of aromatic hydroxyl groups is 1. The van der Waals surface area contributed by atoms with Crippen molar-refractivity contribution in [3.05, 3.63) is 40.1 Å². The third kappa shape index (κ3) is 2.40. The number of carboxylic acids is 1. The summed E-state index contributed by atoms with van der Waals surface area (Å²) >= 11 is 5.90. The summed E-state index contributed by atoms with van der Waals surface area (Å²) in [5.41, 5.74) is -0.866. The summed E-state index contributed by atoms with van der Waals surface area (Å²) in [6, 6.07) is 4.55. The molecule has 1 atom stereocenters. The van der Waals surface area contributed by atoms with E-state index in [1.54, 1.807) is 18.0 Å². The number of carbonyl (C=O) groups excluding carboxylic acids is 1. The van der Waals surface area contributed by atoms with Gasteiger partial charge in [-0.25, -0.2) is 9.80 Å². The van der Waals surface area contributed by atoms with Crippen molar-refractivity contribution >= 4 is 23.5 Å². The van der Waals surface area contributed by atoms with Crippen molar-refractivity contribution in [1.29, 1.82) is 0 Å². The maximum absolute atomic E-state index is 12.6. The molecule has 1 aromatic rings. The molecule has 3 N–H and O–H groups in total. The maximum atomic E-state index is 12.6. The first kappa shape index (κ1) is 16.6. The number of aliphatic carboxylic acids is 1. The summed E-state index contributed by atoms with van der Waals surface area (Å²) in [5.74, 6) is -2.67. The van der Waals surface area contributed by atoms with Crippen LogP contribution in [-0.2, 0) is 16.1 Å². The zero-order chi connectivity index (χ0) is 17.6. The average molecular weight is 353 g/mol. The number of carboxylic acid groups (broad SMARTS) is 1. The molecule has 0 bridgehead atoms. The lowest BCUT2D eigenvalue weighted by atomic mass is 9.91. The molecule has 2 heterocycles. The first-order valence-corrected chi connectivity index (χ1v) is 7.87. The van der Waals surface area contributed by atoms with E-state index in [0.29, 0.717) is 18.5 Å². The lowest BCUT2D eigenvalue weighted by Crippen LogP contribution is -2.60. The molecule has 0 saturated carbocycles. The number of nitrogens with zero attached hydrogens (tertiary/aromatic N) is 2. The van der Waals surface area contributed by atoms with Gasteiger partial charge in [0.1, 0.15) is 11.5 Å². The predicted molar refractivity (Wildman–Crippen MR) is 85.3 cm³/mol. The number of rotatable bonds is 3. The first-order chi connectivity index (χ1) is 11.3. The van der Waals surface area contributed by atoms with Crippen molar-refractivity contribution in [2.45, 2.75) is 31.8 Å². The zero-order valence-corrected chi connectivity index (χ0v) is 13.7. The SMILES string of the molecule is C[C@]12CCCN1N(Cc1ccc(O)c(Cl)c1)C(=O)C(C(=O)O)=C2O. The number of hydrogen-bond donors (Lipinski definition) is 3. The number of benzene rings is 1. The van der Waals surface area contributed by atoms with E-state index in [1.807, 2.05) is 0 Å². The van der Waals surface area contributed by atoms with Crippen LogP contribution >= 0.6 is 11.6 Å². The number of hydrazine groups is 1. The van der Waals surface area contributed by atoms with E-state index in [-0.39, 0.29) is 17.3 Å². The lowest BCUT2D eigenvalue weighted by molar-refractivity contribution is -0.162. The molecule has 1 amide bonds. The minimum Gasteiger partial charge on any atom is -0.509 e. The molecule has 3 rings (SSSR count). The Balaban J connectivity index is 2.02. The molecule has 0 spiro atoms. The molecule has 2 aliphatic heterocycles. The molecular weight excluding hydrogens is 336 g/mol. The highest BCUT2D eigenvalue weighted by Gasteiger charge is 2.52. The third-order valence-electron chi connectivity index (χ3n) is 4.65. The van der Waals surface area contributed by atoms with Crippen LogP contribution in [0.4, 0.5) is 0 Å². The van der Waals surface area contributed by atoms with Crippen molar-refractivity contribution < 1.29 is 24.9 Å². The van der Waals surface area contributed by atoms with E-state index in [9.17, 15) is 24.9 Å². The Kier molecular flexibility index (Phi) is 3.93. The zero-order valence-electron chi connectivity index (χ0n) is 13.0. The van der Waals surface area contributed by atoms with Crippen LogP contribution < -0.4 is 0 Å². The number of fused-ring (bicyclic) bond motifs is 1. The molecule has 0 radical (unpaired) electrons. The van der Waals surface area contributed by atoms with Crippen molar-refractivity contribution in [3.63, 3.8) is 0 Å². The average Bonchev–Trinajstić information content (AvgIpc) is 2.90. The monoisotopic (exact) mass is 352 g/mol. The van der Waals surface area contributed by atoms with E-state index < -0.39 is 28.7 Å². The van der Waals surface area contributed by atoms with Gasteiger partial charge in [0, 0.05) is 6.54 Å². The van der Waals surface area contributed by atoms with Crippen LogP contribution in [0.3, 0.4) is 0 Å². The Hall–Kier alpha value is -2.25. The molecule has 1 fully saturated rings. The highest BCUT2D eigenvalue weighted by atomic mass is 35.5. The van der Waals surface area contributed by atoms with Gasteiger partial charge in [-0.1, -0.05) is 17.7 Å². The minimum atomic E-state index is -1.45. The van der Waals surface area contributed by atoms with E-state index >= 15 is 0 Å². The number of phenols is 1. The van der Waals surface area contributed by atoms with E-state index in [2.05, 4.69) is 0 Å². The fraction of sp³-hybridized carbons (Fsp3) is 0.375. The number of hydrogen-bond acceptors (Lipinski definition) is 5.